The maximum absolute atomic E-state index is 13.4. The van der Waals surface area contributed by atoms with Gasteiger partial charge in [0.25, 0.3) is 0 Å². The lowest BCUT2D eigenvalue weighted by Crippen LogP contribution is -2.18. The molecule has 1 atom stereocenters. The molecule has 0 fully saturated rings. The van der Waals surface area contributed by atoms with Crippen LogP contribution in [0.5, 0.6) is 0 Å². The highest BCUT2D eigenvalue weighted by atomic mass is 32.2. The first-order valence-electron chi connectivity index (χ1n) is 5.59. The molecule has 17 heavy (non-hydrogen) atoms. The Kier molecular flexibility index (Phi) is 6.03. The summed E-state index contributed by atoms with van der Waals surface area (Å²) in [6.07, 6.45) is 3.14. The van der Waals surface area contributed by atoms with Crippen LogP contribution in [-0.2, 0) is 6.54 Å². The van der Waals surface area contributed by atoms with E-state index in [0.717, 1.165) is 13.0 Å². The second-order valence-electron chi connectivity index (χ2n) is 3.93. The zero-order valence-corrected chi connectivity index (χ0v) is 11.0. The van der Waals surface area contributed by atoms with Gasteiger partial charge >= 0.3 is 0 Å². The topological polar surface area (TPSA) is 35.8 Å². The van der Waals surface area contributed by atoms with Crippen molar-refractivity contribution < 1.29 is 4.39 Å². The summed E-state index contributed by atoms with van der Waals surface area (Å²) in [5.74, 6) is -0.255. The van der Waals surface area contributed by atoms with Gasteiger partial charge in [-0.3, -0.25) is 0 Å². The molecule has 1 N–H and O–H groups in total. The second-order valence-corrected chi connectivity index (χ2v) is 5.21. The number of thioether (sulfide) groups is 1. The van der Waals surface area contributed by atoms with Crippen molar-refractivity contribution in [2.24, 2.45) is 0 Å². The Morgan fingerprint density at radius 2 is 2.29 bits per heavy atom. The standard InChI is InChI=1S/C13H17FN2S/c1-10(17-2)5-6-16-9-12-7-11(8-15)3-4-13(12)14/h3-4,7,10,16H,5-6,9H2,1-2H3. The monoisotopic (exact) mass is 252 g/mol. The lowest BCUT2D eigenvalue weighted by Gasteiger charge is -2.09. The lowest BCUT2D eigenvalue weighted by atomic mass is 10.1. The van der Waals surface area contributed by atoms with Crippen LogP contribution in [0.4, 0.5) is 4.39 Å². The Balaban J connectivity index is 2.44. The molecule has 0 radical (unpaired) electrons. The highest BCUT2D eigenvalue weighted by molar-refractivity contribution is 7.99. The Morgan fingerprint density at radius 3 is 2.94 bits per heavy atom. The van der Waals surface area contributed by atoms with E-state index in [4.69, 9.17) is 5.26 Å². The molecule has 0 amide bonds. The average Bonchev–Trinajstić information content (AvgIpc) is 2.36. The van der Waals surface area contributed by atoms with Crippen molar-refractivity contribution in [2.45, 2.75) is 25.1 Å². The summed E-state index contributed by atoms with van der Waals surface area (Å²) >= 11 is 1.82. The van der Waals surface area contributed by atoms with Gasteiger partial charge in [-0.15, -0.1) is 0 Å². The van der Waals surface area contributed by atoms with E-state index in [2.05, 4.69) is 18.5 Å². The van der Waals surface area contributed by atoms with Crippen molar-refractivity contribution in [3.8, 4) is 6.07 Å². The number of hydrogen-bond donors (Lipinski definition) is 1. The lowest BCUT2D eigenvalue weighted by molar-refractivity contribution is 0.581. The van der Waals surface area contributed by atoms with E-state index in [1.54, 1.807) is 6.07 Å². The van der Waals surface area contributed by atoms with Crippen molar-refractivity contribution in [3.63, 3.8) is 0 Å². The molecule has 1 rings (SSSR count). The summed E-state index contributed by atoms with van der Waals surface area (Å²) in [7, 11) is 0. The van der Waals surface area contributed by atoms with E-state index in [0.29, 0.717) is 22.9 Å². The second kappa shape index (κ2) is 7.31. The van der Waals surface area contributed by atoms with Gasteiger partial charge in [0.15, 0.2) is 0 Å². The molecule has 1 unspecified atom stereocenters. The minimum atomic E-state index is -0.255. The van der Waals surface area contributed by atoms with Gasteiger partial charge in [0.05, 0.1) is 11.6 Å². The Bertz CT molecular complexity index is 401. The smallest absolute Gasteiger partial charge is 0.127 e. The van der Waals surface area contributed by atoms with Crippen LogP contribution >= 0.6 is 11.8 Å². The third kappa shape index (κ3) is 4.76. The summed E-state index contributed by atoms with van der Waals surface area (Å²) in [5.41, 5.74) is 1.06. The van der Waals surface area contributed by atoms with Gasteiger partial charge < -0.3 is 5.32 Å². The molecule has 0 aliphatic heterocycles. The van der Waals surface area contributed by atoms with Crippen LogP contribution < -0.4 is 5.32 Å². The third-order valence-corrected chi connectivity index (χ3v) is 3.66. The molecule has 1 aromatic carbocycles. The molecule has 0 saturated heterocycles. The zero-order valence-electron chi connectivity index (χ0n) is 10.2. The SMILES string of the molecule is CSC(C)CCNCc1cc(C#N)ccc1F. The number of nitrogens with one attached hydrogen (secondary N) is 1. The Labute approximate surface area is 106 Å². The maximum Gasteiger partial charge on any atom is 0.127 e. The van der Waals surface area contributed by atoms with Crippen molar-refractivity contribution in [2.75, 3.05) is 12.8 Å². The van der Waals surface area contributed by atoms with Crippen LogP contribution in [0.25, 0.3) is 0 Å². The van der Waals surface area contributed by atoms with Gasteiger partial charge in [-0.2, -0.15) is 17.0 Å². The normalized spacial score (nSPS) is 12.1. The van der Waals surface area contributed by atoms with Crippen LogP contribution in [0.2, 0.25) is 0 Å². The number of nitriles is 1. The molecule has 2 nitrogen and oxygen atoms in total. The van der Waals surface area contributed by atoms with E-state index >= 15 is 0 Å². The van der Waals surface area contributed by atoms with E-state index in [1.807, 2.05) is 17.8 Å². The number of rotatable bonds is 6. The van der Waals surface area contributed by atoms with Crippen LogP contribution in [0, 0.1) is 17.1 Å². The summed E-state index contributed by atoms with van der Waals surface area (Å²) in [5, 5.41) is 12.5. The molecular formula is C13H17FN2S. The van der Waals surface area contributed by atoms with Gasteiger partial charge in [-0.25, -0.2) is 4.39 Å². The van der Waals surface area contributed by atoms with E-state index in [9.17, 15) is 4.39 Å². The van der Waals surface area contributed by atoms with Crippen molar-refractivity contribution >= 4 is 11.8 Å². The minimum absolute atomic E-state index is 0.255. The first-order chi connectivity index (χ1) is 8.17. The molecule has 0 spiro atoms. The van der Waals surface area contributed by atoms with Gasteiger partial charge in [-0.1, -0.05) is 6.92 Å². The van der Waals surface area contributed by atoms with Crippen molar-refractivity contribution in [1.82, 2.24) is 5.32 Å². The quantitative estimate of drug-likeness (QED) is 0.791. The largest absolute Gasteiger partial charge is 0.313 e. The fraction of sp³-hybridized carbons (Fsp3) is 0.462. The van der Waals surface area contributed by atoms with E-state index < -0.39 is 0 Å². The minimum Gasteiger partial charge on any atom is -0.313 e. The fourth-order valence-corrected chi connectivity index (χ4v) is 1.78. The van der Waals surface area contributed by atoms with Crippen LogP contribution in [0.1, 0.15) is 24.5 Å². The molecule has 92 valence electrons. The highest BCUT2D eigenvalue weighted by Gasteiger charge is 2.04. The van der Waals surface area contributed by atoms with Gasteiger partial charge in [0.2, 0.25) is 0 Å². The average molecular weight is 252 g/mol. The van der Waals surface area contributed by atoms with Crippen LogP contribution in [-0.4, -0.2) is 18.1 Å². The van der Waals surface area contributed by atoms with Crippen molar-refractivity contribution in [3.05, 3.63) is 35.1 Å². The van der Waals surface area contributed by atoms with Crippen molar-refractivity contribution in [1.29, 1.82) is 5.26 Å². The number of halogens is 1. The van der Waals surface area contributed by atoms with Crippen LogP contribution in [0.15, 0.2) is 18.2 Å². The summed E-state index contributed by atoms with van der Waals surface area (Å²) in [4.78, 5) is 0. The Hall–Kier alpha value is -1.05. The summed E-state index contributed by atoms with van der Waals surface area (Å²) < 4.78 is 13.4. The number of hydrogen-bond acceptors (Lipinski definition) is 3. The highest BCUT2D eigenvalue weighted by Crippen LogP contribution is 2.11. The molecule has 0 saturated carbocycles. The number of nitrogens with zero attached hydrogens (tertiary/aromatic N) is 1. The third-order valence-electron chi connectivity index (χ3n) is 2.62. The van der Waals surface area contributed by atoms with Gasteiger partial charge in [0.1, 0.15) is 5.82 Å². The molecule has 0 heterocycles. The first kappa shape index (κ1) is 14.0. The predicted octanol–water partition coefficient (Wildman–Crippen LogP) is 2.93. The molecule has 0 aliphatic rings. The Morgan fingerprint density at radius 1 is 1.53 bits per heavy atom. The fourth-order valence-electron chi connectivity index (χ4n) is 1.43. The maximum atomic E-state index is 13.4. The molecular weight excluding hydrogens is 235 g/mol. The molecule has 4 heteroatoms. The molecule has 0 aromatic heterocycles. The predicted molar refractivity (Wildman–Crippen MR) is 70.4 cm³/mol. The van der Waals surface area contributed by atoms with Gasteiger partial charge in [-0.05, 0) is 37.4 Å². The number of benzene rings is 1. The van der Waals surface area contributed by atoms with E-state index in [-0.39, 0.29) is 5.82 Å². The molecule has 0 bridgehead atoms. The van der Waals surface area contributed by atoms with E-state index in [1.165, 1.54) is 12.1 Å². The molecule has 0 aliphatic carbocycles. The zero-order chi connectivity index (χ0) is 12.7. The first-order valence-corrected chi connectivity index (χ1v) is 6.88. The van der Waals surface area contributed by atoms with Gasteiger partial charge in [0, 0.05) is 17.4 Å². The summed E-state index contributed by atoms with van der Waals surface area (Å²) in [6.45, 7) is 3.50. The summed E-state index contributed by atoms with van der Waals surface area (Å²) in [6, 6.07) is 6.45. The molecule has 1 aromatic rings. The van der Waals surface area contributed by atoms with Crippen LogP contribution in [0.3, 0.4) is 0 Å².